The van der Waals surface area contributed by atoms with E-state index in [9.17, 15) is 0 Å². The van der Waals surface area contributed by atoms with Crippen LogP contribution in [0, 0.1) is 23.7 Å². The van der Waals surface area contributed by atoms with Gasteiger partial charge in [0.2, 0.25) is 0 Å². The Bertz CT molecular complexity index is 176. The van der Waals surface area contributed by atoms with Gasteiger partial charge in [-0.05, 0) is 30.1 Å². The number of allylic oxidation sites excluding steroid dienone is 2. The minimum absolute atomic E-state index is 0.806. The zero-order valence-corrected chi connectivity index (χ0v) is 7.09. The Kier molecular flexibility index (Phi) is 1.21. The van der Waals surface area contributed by atoms with Crippen LogP contribution in [-0.4, -0.2) is 0 Å². The summed E-state index contributed by atoms with van der Waals surface area (Å²) < 4.78 is 0. The third kappa shape index (κ3) is 0.744. The number of hydrogen-bond acceptors (Lipinski definition) is 0. The van der Waals surface area contributed by atoms with Gasteiger partial charge in [0.1, 0.15) is 0 Å². The van der Waals surface area contributed by atoms with Crippen molar-refractivity contribution in [3.8, 4) is 0 Å². The molecule has 0 aromatic rings. The van der Waals surface area contributed by atoms with Crippen molar-refractivity contribution in [3.63, 3.8) is 0 Å². The van der Waals surface area contributed by atoms with Crippen LogP contribution in [0.2, 0.25) is 0 Å². The van der Waals surface area contributed by atoms with Crippen molar-refractivity contribution in [3.05, 3.63) is 11.6 Å². The third-order valence-electron chi connectivity index (χ3n) is 3.26. The van der Waals surface area contributed by atoms with Gasteiger partial charge in [-0.2, -0.15) is 0 Å². The SMILES string of the molecule is CC(C)C1=C[C@H]2[C@H](C)[C@H]2C1. The molecule has 2 aliphatic rings. The van der Waals surface area contributed by atoms with E-state index >= 15 is 0 Å². The van der Waals surface area contributed by atoms with Gasteiger partial charge in [0, 0.05) is 0 Å². The normalized spacial score (nSPS) is 43.6. The van der Waals surface area contributed by atoms with Crippen LogP contribution >= 0.6 is 0 Å². The number of hydrogen-bond donors (Lipinski definition) is 0. The van der Waals surface area contributed by atoms with Gasteiger partial charge in [0.25, 0.3) is 0 Å². The molecule has 1 saturated carbocycles. The smallest absolute Gasteiger partial charge is 0.0168 e. The summed E-state index contributed by atoms with van der Waals surface area (Å²) in [7, 11) is 0. The van der Waals surface area contributed by atoms with E-state index < -0.39 is 0 Å². The molecule has 0 unspecified atom stereocenters. The van der Waals surface area contributed by atoms with Crippen LogP contribution in [0.5, 0.6) is 0 Å². The zero-order chi connectivity index (χ0) is 7.30. The van der Waals surface area contributed by atoms with Crippen LogP contribution < -0.4 is 0 Å². The molecule has 3 atom stereocenters. The van der Waals surface area contributed by atoms with Gasteiger partial charge < -0.3 is 0 Å². The van der Waals surface area contributed by atoms with Gasteiger partial charge in [0.15, 0.2) is 0 Å². The number of rotatable bonds is 1. The van der Waals surface area contributed by atoms with Crippen LogP contribution in [0.4, 0.5) is 0 Å². The Labute approximate surface area is 63.3 Å². The Morgan fingerprint density at radius 2 is 2.20 bits per heavy atom. The van der Waals surface area contributed by atoms with E-state index in [1.54, 1.807) is 5.57 Å². The maximum atomic E-state index is 2.53. The van der Waals surface area contributed by atoms with Gasteiger partial charge in [-0.15, -0.1) is 0 Å². The molecular weight excluding hydrogens is 120 g/mol. The average Bonchev–Trinajstić information content (AvgIpc) is 2.38. The molecule has 0 N–H and O–H groups in total. The Morgan fingerprint density at radius 1 is 1.50 bits per heavy atom. The molecule has 10 heavy (non-hydrogen) atoms. The lowest BCUT2D eigenvalue weighted by atomic mass is 9.99. The maximum Gasteiger partial charge on any atom is -0.0168 e. The second-order valence-electron chi connectivity index (χ2n) is 4.20. The summed E-state index contributed by atoms with van der Waals surface area (Å²) in [4.78, 5) is 0. The average molecular weight is 136 g/mol. The first-order chi connectivity index (χ1) is 4.70. The lowest BCUT2D eigenvalue weighted by molar-refractivity contribution is 0.658. The van der Waals surface area contributed by atoms with Crippen molar-refractivity contribution in [2.24, 2.45) is 23.7 Å². The Morgan fingerprint density at radius 3 is 2.60 bits per heavy atom. The molecule has 0 saturated heterocycles. The predicted octanol–water partition coefficient (Wildman–Crippen LogP) is 2.85. The van der Waals surface area contributed by atoms with E-state index in [1.165, 1.54) is 6.42 Å². The number of fused-ring (bicyclic) bond motifs is 1. The molecule has 0 nitrogen and oxygen atoms in total. The van der Waals surface area contributed by atoms with Crippen molar-refractivity contribution >= 4 is 0 Å². The molecule has 0 bridgehead atoms. The third-order valence-corrected chi connectivity index (χ3v) is 3.26. The van der Waals surface area contributed by atoms with Gasteiger partial charge >= 0.3 is 0 Å². The summed E-state index contributed by atoms with van der Waals surface area (Å²) in [5, 5.41) is 0. The van der Waals surface area contributed by atoms with Crippen LogP contribution in [0.15, 0.2) is 11.6 Å². The van der Waals surface area contributed by atoms with Crippen molar-refractivity contribution in [1.29, 1.82) is 0 Å². The fourth-order valence-electron chi connectivity index (χ4n) is 2.19. The quantitative estimate of drug-likeness (QED) is 0.486. The first-order valence-corrected chi connectivity index (χ1v) is 4.40. The second kappa shape index (κ2) is 1.87. The van der Waals surface area contributed by atoms with E-state index in [0.29, 0.717) is 0 Å². The highest BCUT2D eigenvalue weighted by atomic mass is 14.5. The monoisotopic (exact) mass is 136 g/mol. The molecule has 0 amide bonds. The first-order valence-electron chi connectivity index (χ1n) is 4.40. The Hall–Kier alpha value is -0.260. The largest absolute Gasteiger partial charge is 0.0814 e. The van der Waals surface area contributed by atoms with Crippen LogP contribution in [-0.2, 0) is 0 Å². The summed E-state index contributed by atoms with van der Waals surface area (Å²) >= 11 is 0. The summed E-state index contributed by atoms with van der Waals surface area (Å²) in [5.74, 6) is 3.86. The predicted molar refractivity (Wildman–Crippen MR) is 43.7 cm³/mol. The molecule has 0 spiro atoms. The van der Waals surface area contributed by atoms with E-state index in [-0.39, 0.29) is 0 Å². The highest BCUT2D eigenvalue weighted by Crippen LogP contribution is 2.56. The molecule has 2 aliphatic carbocycles. The molecule has 0 radical (unpaired) electrons. The molecule has 2 rings (SSSR count). The summed E-state index contributed by atoms with van der Waals surface area (Å²) in [6, 6.07) is 0. The minimum Gasteiger partial charge on any atom is -0.0814 e. The minimum atomic E-state index is 0.806. The van der Waals surface area contributed by atoms with Crippen LogP contribution in [0.1, 0.15) is 27.2 Å². The summed E-state index contributed by atoms with van der Waals surface area (Å²) in [5.41, 5.74) is 1.72. The van der Waals surface area contributed by atoms with E-state index in [2.05, 4.69) is 26.8 Å². The lowest BCUT2D eigenvalue weighted by Gasteiger charge is -2.07. The standard InChI is InChI=1S/C10H16/c1-6(2)8-4-9-7(3)10(9)5-8/h4,6-7,9-10H,5H2,1-3H3/t7-,9-,10+/m0/s1. The molecule has 0 aromatic carbocycles. The molecule has 0 heterocycles. The van der Waals surface area contributed by atoms with E-state index in [4.69, 9.17) is 0 Å². The van der Waals surface area contributed by atoms with Crippen LogP contribution in [0.25, 0.3) is 0 Å². The molecule has 0 aliphatic heterocycles. The zero-order valence-electron chi connectivity index (χ0n) is 7.09. The van der Waals surface area contributed by atoms with E-state index in [0.717, 1.165) is 23.7 Å². The van der Waals surface area contributed by atoms with Gasteiger partial charge in [-0.1, -0.05) is 32.4 Å². The molecular formula is C10H16. The second-order valence-corrected chi connectivity index (χ2v) is 4.20. The summed E-state index contributed by atoms with van der Waals surface area (Å²) in [6.45, 7) is 6.99. The molecule has 1 fully saturated rings. The fourth-order valence-corrected chi connectivity index (χ4v) is 2.19. The molecule has 0 heteroatoms. The van der Waals surface area contributed by atoms with Crippen molar-refractivity contribution in [1.82, 2.24) is 0 Å². The summed E-state index contributed by atoms with van der Waals surface area (Å²) in [6.07, 6.45) is 3.93. The molecule has 56 valence electrons. The van der Waals surface area contributed by atoms with Gasteiger partial charge in [-0.3, -0.25) is 0 Å². The first kappa shape index (κ1) is 6.45. The fraction of sp³-hybridized carbons (Fsp3) is 0.800. The highest BCUT2D eigenvalue weighted by molar-refractivity contribution is 5.24. The van der Waals surface area contributed by atoms with E-state index in [1.807, 2.05) is 0 Å². The highest BCUT2D eigenvalue weighted by Gasteiger charge is 2.48. The van der Waals surface area contributed by atoms with Crippen molar-refractivity contribution < 1.29 is 0 Å². The maximum absolute atomic E-state index is 2.53. The van der Waals surface area contributed by atoms with Crippen LogP contribution in [0.3, 0.4) is 0 Å². The Balaban J connectivity index is 2.05. The van der Waals surface area contributed by atoms with Gasteiger partial charge in [0.05, 0.1) is 0 Å². The van der Waals surface area contributed by atoms with Gasteiger partial charge in [-0.25, -0.2) is 0 Å². The lowest BCUT2D eigenvalue weighted by Crippen LogP contribution is -1.93. The van der Waals surface area contributed by atoms with Crippen molar-refractivity contribution in [2.45, 2.75) is 27.2 Å². The molecule has 0 aromatic heterocycles. The topological polar surface area (TPSA) is 0 Å². The van der Waals surface area contributed by atoms with Crippen molar-refractivity contribution in [2.75, 3.05) is 0 Å².